The summed E-state index contributed by atoms with van der Waals surface area (Å²) in [4.78, 5) is 29.2. The Morgan fingerprint density at radius 3 is 1.96 bits per heavy atom. The van der Waals surface area contributed by atoms with Gasteiger partial charge in [0.1, 0.15) is 0 Å². The molecule has 0 aliphatic carbocycles. The van der Waals surface area contributed by atoms with Crippen molar-refractivity contribution >= 4 is 11.8 Å². The topological polar surface area (TPSA) is 40.6 Å². The van der Waals surface area contributed by atoms with Gasteiger partial charge in [-0.25, -0.2) is 0 Å². The molecule has 4 heteroatoms. The van der Waals surface area contributed by atoms with Gasteiger partial charge in [-0.2, -0.15) is 0 Å². The molecule has 0 spiro atoms. The van der Waals surface area contributed by atoms with E-state index in [0.29, 0.717) is 30.8 Å². The summed E-state index contributed by atoms with van der Waals surface area (Å²) in [5, 5.41) is 0. The minimum absolute atomic E-state index is 0.0381. The number of carbonyl (C=O) groups is 2. The van der Waals surface area contributed by atoms with Crippen molar-refractivity contribution in [2.45, 2.75) is 40.3 Å². The van der Waals surface area contributed by atoms with E-state index in [1.54, 1.807) is 29.2 Å². The SMILES string of the molecule is CCN(CC)C(=O)c1cccc(C(=O)N(Cc2ccccc2)C(C)C)c1. The fourth-order valence-electron chi connectivity index (χ4n) is 2.91. The van der Waals surface area contributed by atoms with Gasteiger partial charge in [0.05, 0.1) is 0 Å². The van der Waals surface area contributed by atoms with Crippen LogP contribution < -0.4 is 0 Å². The first-order chi connectivity index (χ1) is 12.5. The molecule has 2 aromatic carbocycles. The van der Waals surface area contributed by atoms with Gasteiger partial charge in [0.25, 0.3) is 11.8 Å². The molecule has 0 aromatic heterocycles. The van der Waals surface area contributed by atoms with E-state index in [4.69, 9.17) is 0 Å². The molecule has 2 rings (SSSR count). The molecule has 0 N–H and O–H groups in total. The Morgan fingerprint density at radius 2 is 1.42 bits per heavy atom. The fourth-order valence-corrected chi connectivity index (χ4v) is 2.91. The number of rotatable bonds is 7. The normalized spacial score (nSPS) is 10.7. The van der Waals surface area contributed by atoms with Gasteiger partial charge in [-0.05, 0) is 51.5 Å². The van der Waals surface area contributed by atoms with Crippen LogP contribution in [-0.2, 0) is 6.54 Å². The Bertz CT molecular complexity index is 737. The summed E-state index contributed by atoms with van der Waals surface area (Å²) in [6.45, 7) is 9.77. The van der Waals surface area contributed by atoms with E-state index in [1.807, 2.05) is 62.9 Å². The first-order valence-electron chi connectivity index (χ1n) is 9.22. The van der Waals surface area contributed by atoms with Gasteiger partial charge >= 0.3 is 0 Å². The molecule has 0 saturated heterocycles. The van der Waals surface area contributed by atoms with E-state index in [-0.39, 0.29) is 17.9 Å². The van der Waals surface area contributed by atoms with Crippen LogP contribution in [0.2, 0.25) is 0 Å². The molecule has 0 aliphatic rings. The quantitative estimate of drug-likeness (QED) is 0.748. The zero-order valence-electron chi connectivity index (χ0n) is 16.1. The van der Waals surface area contributed by atoms with Crippen LogP contribution in [0.15, 0.2) is 54.6 Å². The molecule has 4 nitrogen and oxygen atoms in total. The van der Waals surface area contributed by atoms with Crippen molar-refractivity contribution in [3.63, 3.8) is 0 Å². The fraction of sp³-hybridized carbons (Fsp3) is 0.364. The van der Waals surface area contributed by atoms with Crippen LogP contribution >= 0.6 is 0 Å². The molecule has 2 amide bonds. The summed E-state index contributed by atoms with van der Waals surface area (Å²) in [6.07, 6.45) is 0. The second kappa shape index (κ2) is 9.18. The summed E-state index contributed by atoms with van der Waals surface area (Å²) in [7, 11) is 0. The molecule has 0 heterocycles. The van der Waals surface area contributed by atoms with Gasteiger partial charge in [-0.3, -0.25) is 9.59 Å². The molecule has 0 saturated carbocycles. The standard InChI is InChI=1S/C22H28N2O2/c1-5-23(6-2)21(25)19-13-10-14-20(15-19)22(26)24(17(3)4)16-18-11-8-7-9-12-18/h7-15,17H,5-6,16H2,1-4H3. The maximum absolute atomic E-state index is 13.1. The van der Waals surface area contributed by atoms with Gasteiger partial charge in [-0.1, -0.05) is 36.4 Å². The van der Waals surface area contributed by atoms with Crippen LogP contribution in [0.1, 0.15) is 54.0 Å². The monoisotopic (exact) mass is 352 g/mol. The van der Waals surface area contributed by atoms with E-state index in [1.165, 1.54) is 0 Å². The molecule has 0 radical (unpaired) electrons. The van der Waals surface area contributed by atoms with E-state index in [9.17, 15) is 9.59 Å². The van der Waals surface area contributed by atoms with E-state index >= 15 is 0 Å². The second-order valence-electron chi connectivity index (χ2n) is 6.57. The van der Waals surface area contributed by atoms with Crippen molar-refractivity contribution in [3.05, 3.63) is 71.3 Å². The lowest BCUT2D eigenvalue weighted by molar-refractivity contribution is 0.0690. The van der Waals surface area contributed by atoms with Crippen molar-refractivity contribution < 1.29 is 9.59 Å². The lowest BCUT2D eigenvalue weighted by Crippen LogP contribution is -2.36. The number of hydrogen-bond acceptors (Lipinski definition) is 2. The van der Waals surface area contributed by atoms with Crippen LogP contribution in [0.3, 0.4) is 0 Å². The zero-order valence-corrected chi connectivity index (χ0v) is 16.1. The van der Waals surface area contributed by atoms with Crippen LogP contribution in [0, 0.1) is 0 Å². The average molecular weight is 352 g/mol. The summed E-state index contributed by atoms with van der Waals surface area (Å²) in [6, 6.07) is 17.1. The number of nitrogens with zero attached hydrogens (tertiary/aromatic N) is 2. The molecular weight excluding hydrogens is 324 g/mol. The molecular formula is C22H28N2O2. The highest BCUT2D eigenvalue weighted by Gasteiger charge is 2.21. The number of benzene rings is 2. The number of amides is 2. The predicted octanol–water partition coefficient (Wildman–Crippen LogP) is 4.22. The van der Waals surface area contributed by atoms with Crippen molar-refractivity contribution in [1.29, 1.82) is 0 Å². The molecule has 0 aliphatic heterocycles. The van der Waals surface area contributed by atoms with Gasteiger partial charge in [-0.15, -0.1) is 0 Å². The van der Waals surface area contributed by atoms with Crippen LogP contribution in [0.25, 0.3) is 0 Å². The Balaban J connectivity index is 2.26. The summed E-state index contributed by atoms with van der Waals surface area (Å²) in [5.41, 5.74) is 2.19. The third-order valence-electron chi connectivity index (χ3n) is 4.49. The molecule has 0 unspecified atom stereocenters. The average Bonchev–Trinajstić information content (AvgIpc) is 2.67. The third kappa shape index (κ3) is 4.72. The highest BCUT2D eigenvalue weighted by molar-refractivity contribution is 5.99. The van der Waals surface area contributed by atoms with Crippen LogP contribution in [0.4, 0.5) is 0 Å². The maximum atomic E-state index is 13.1. The molecule has 0 fully saturated rings. The highest BCUT2D eigenvalue weighted by Crippen LogP contribution is 2.16. The Labute approximate surface area is 156 Å². The molecule has 2 aromatic rings. The number of carbonyl (C=O) groups excluding carboxylic acids is 2. The van der Waals surface area contributed by atoms with Crippen molar-refractivity contribution in [2.24, 2.45) is 0 Å². The zero-order chi connectivity index (χ0) is 19.1. The third-order valence-corrected chi connectivity index (χ3v) is 4.49. The Morgan fingerprint density at radius 1 is 0.846 bits per heavy atom. The minimum Gasteiger partial charge on any atom is -0.339 e. The first kappa shape index (κ1) is 19.7. The second-order valence-corrected chi connectivity index (χ2v) is 6.57. The van der Waals surface area contributed by atoms with Crippen LogP contribution in [0.5, 0.6) is 0 Å². The largest absolute Gasteiger partial charge is 0.339 e. The molecule has 138 valence electrons. The number of hydrogen-bond donors (Lipinski definition) is 0. The van der Waals surface area contributed by atoms with Gasteiger partial charge in [0.2, 0.25) is 0 Å². The molecule has 26 heavy (non-hydrogen) atoms. The molecule has 0 bridgehead atoms. The van der Waals surface area contributed by atoms with Gasteiger partial charge in [0, 0.05) is 36.8 Å². The smallest absolute Gasteiger partial charge is 0.254 e. The van der Waals surface area contributed by atoms with Crippen molar-refractivity contribution in [1.82, 2.24) is 9.80 Å². The van der Waals surface area contributed by atoms with Crippen molar-refractivity contribution in [3.8, 4) is 0 Å². The maximum Gasteiger partial charge on any atom is 0.254 e. The highest BCUT2D eigenvalue weighted by atomic mass is 16.2. The Kier molecular flexibility index (Phi) is 6.96. The Hall–Kier alpha value is -2.62. The lowest BCUT2D eigenvalue weighted by atomic mass is 10.1. The summed E-state index contributed by atoms with van der Waals surface area (Å²) in [5.74, 6) is -0.0955. The van der Waals surface area contributed by atoms with E-state index < -0.39 is 0 Å². The summed E-state index contributed by atoms with van der Waals surface area (Å²) < 4.78 is 0. The van der Waals surface area contributed by atoms with Gasteiger partial charge in [0.15, 0.2) is 0 Å². The lowest BCUT2D eigenvalue weighted by Gasteiger charge is -2.27. The van der Waals surface area contributed by atoms with Crippen LogP contribution in [-0.4, -0.2) is 40.7 Å². The predicted molar refractivity (Wildman–Crippen MR) is 105 cm³/mol. The summed E-state index contributed by atoms with van der Waals surface area (Å²) >= 11 is 0. The van der Waals surface area contributed by atoms with E-state index in [0.717, 1.165) is 5.56 Å². The van der Waals surface area contributed by atoms with Gasteiger partial charge < -0.3 is 9.80 Å². The minimum atomic E-state index is -0.0574. The van der Waals surface area contributed by atoms with E-state index in [2.05, 4.69) is 0 Å². The van der Waals surface area contributed by atoms with Crippen molar-refractivity contribution in [2.75, 3.05) is 13.1 Å². The molecule has 0 atom stereocenters. The first-order valence-corrected chi connectivity index (χ1v) is 9.22.